The van der Waals surface area contributed by atoms with Gasteiger partial charge in [0.15, 0.2) is 5.78 Å². The summed E-state index contributed by atoms with van der Waals surface area (Å²) >= 11 is 0. The van der Waals surface area contributed by atoms with Crippen LogP contribution < -0.4 is 0 Å². The van der Waals surface area contributed by atoms with Crippen LogP contribution in [0.5, 0.6) is 0 Å². The van der Waals surface area contributed by atoms with E-state index in [1.165, 1.54) is 0 Å². The lowest BCUT2D eigenvalue weighted by Crippen LogP contribution is -2.40. The zero-order valence-corrected chi connectivity index (χ0v) is 16.0. The van der Waals surface area contributed by atoms with E-state index in [0.717, 1.165) is 23.4 Å². The lowest BCUT2D eigenvalue weighted by Gasteiger charge is -2.39. The number of aliphatic imine (C=N–C) groups is 1. The molecule has 2 atom stereocenters. The van der Waals surface area contributed by atoms with E-state index in [1.54, 1.807) is 6.92 Å². The summed E-state index contributed by atoms with van der Waals surface area (Å²) in [6.07, 6.45) is 1.91. The highest BCUT2D eigenvalue weighted by molar-refractivity contribution is 6.09. The summed E-state index contributed by atoms with van der Waals surface area (Å²) < 4.78 is 5.37. The Labute approximate surface area is 155 Å². The van der Waals surface area contributed by atoms with Crippen LogP contribution >= 0.6 is 0 Å². The van der Waals surface area contributed by atoms with Crippen LogP contribution in [0.1, 0.15) is 58.4 Å². The van der Waals surface area contributed by atoms with Gasteiger partial charge in [0.2, 0.25) is 0 Å². The van der Waals surface area contributed by atoms with Gasteiger partial charge in [0.05, 0.1) is 6.61 Å². The summed E-state index contributed by atoms with van der Waals surface area (Å²) in [5, 5.41) is 0. The van der Waals surface area contributed by atoms with Gasteiger partial charge < -0.3 is 4.74 Å². The van der Waals surface area contributed by atoms with Gasteiger partial charge >= 0.3 is 5.97 Å². The maximum absolute atomic E-state index is 13.1. The minimum absolute atomic E-state index is 0.101. The maximum atomic E-state index is 13.1. The molecule has 1 unspecified atom stereocenters. The fourth-order valence-electron chi connectivity index (χ4n) is 4.18. The van der Waals surface area contributed by atoms with Gasteiger partial charge in [-0.2, -0.15) is 0 Å². The smallest absolute Gasteiger partial charge is 0.315 e. The molecule has 0 saturated carbocycles. The molecule has 0 spiro atoms. The number of allylic oxidation sites excluding steroid dienone is 2. The molecule has 0 N–H and O–H groups in total. The number of carbonyl (C=O) groups is 2. The van der Waals surface area contributed by atoms with E-state index in [4.69, 9.17) is 9.73 Å². The van der Waals surface area contributed by atoms with Crippen molar-refractivity contribution in [3.05, 3.63) is 47.2 Å². The first-order valence-electron chi connectivity index (χ1n) is 9.43. The number of Topliss-reactive ketones (excluding diaryl/α,β-unsaturated/α-hetero) is 1. The fourth-order valence-corrected chi connectivity index (χ4v) is 4.18. The first kappa shape index (κ1) is 18.6. The molecule has 0 radical (unpaired) electrons. The number of nitrogens with zero attached hydrogens (tertiary/aromatic N) is 1. The molecule has 0 fully saturated rings. The minimum atomic E-state index is -0.522. The van der Waals surface area contributed by atoms with Gasteiger partial charge in [-0.05, 0) is 30.7 Å². The van der Waals surface area contributed by atoms with Gasteiger partial charge in [-0.1, -0.05) is 51.1 Å². The summed E-state index contributed by atoms with van der Waals surface area (Å²) in [4.78, 5) is 30.7. The van der Waals surface area contributed by atoms with Crippen molar-refractivity contribution in [3.63, 3.8) is 0 Å². The van der Waals surface area contributed by atoms with Crippen molar-refractivity contribution in [1.82, 2.24) is 0 Å². The highest BCUT2D eigenvalue weighted by Crippen LogP contribution is 2.48. The lowest BCUT2D eigenvalue weighted by atomic mass is 9.66. The molecule has 1 aromatic carbocycles. The van der Waals surface area contributed by atoms with Crippen molar-refractivity contribution in [2.24, 2.45) is 16.3 Å². The summed E-state index contributed by atoms with van der Waals surface area (Å²) in [6, 6.07) is 9.83. The average molecular weight is 353 g/mol. The molecule has 138 valence electrons. The molecular weight excluding hydrogens is 326 g/mol. The molecule has 0 bridgehead atoms. The highest BCUT2D eigenvalue weighted by atomic mass is 16.5. The molecule has 1 aliphatic heterocycles. The first-order valence-corrected chi connectivity index (χ1v) is 9.43. The van der Waals surface area contributed by atoms with Gasteiger partial charge in [0.25, 0.3) is 0 Å². The van der Waals surface area contributed by atoms with Crippen molar-refractivity contribution in [2.45, 2.75) is 52.9 Å². The Morgan fingerprint density at radius 3 is 2.50 bits per heavy atom. The van der Waals surface area contributed by atoms with Crippen LogP contribution in [0.3, 0.4) is 0 Å². The monoisotopic (exact) mass is 353 g/mol. The number of rotatable bonds is 4. The van der Waals surface area contributed by atoms with Gasteiger partial charge in [0.1, 0.15) is 5.92 Å². The van der Waals surface area contributed by atoms with E-state index >= 15 is 0 Å². The molecule has 1 aliphatic carbocycles. The zero-order chi connectivity index (χ0) is 18.9. The molecular formula is C22H27NO3. The standard InChI is InChI=1S/C22H27NO3/c1-5-15-20(21(25)26-6-2)18(14-10-8-7-9-11-14)19-16(23-15)12-22(3,4)13-17(19)24/h7-11,18,20H,5-6,12-13H2,1-4H3/t18-,20?/m0/s1. The molecule has 0 aromatic heterocycles. The molecule has 0 amide bonds. The van der Waals surface area contributed by atoms with Crippen LogP contribution in [0, 0.1) is 11.3 Å². The first-order chi connectivity index (χ1) is 12.4. The van der Waals surface area contributed by atoms with Crippen LogP contribution in [0.4, 0.5) is 0 Å². The summed E-state index contributed by atoms with van der Waals surface area (Å²) in [5.74, 6) is -1.00. The lowest BCUT2D eigenvalue weighted by molar-refractivity contribution is -0.146. The average Bonchev–Trinajstić information content (AvgIpc) is 2.59. The maximum Gasteiger partial charge on any atom is 0.315 e. The Kier molecular flexibility index (Phi) is 5.12. The van der Waals surface area contributed by atoms with Gasteiger partial charge in [0, 0.05) is 29.3 Å². The molecule has 1 heterocycles. The number of hydrogen-bond donors (Lipinski definition) is 0. The molecule has 26 heavy (non-hydrogen) atoms. The number of carbonyl (C=O) groups excluding carboxylic acids is 2. The number of ether oxygens (including phenoxy) is 1. The van der Waals surface area contributed by atoms with Crippen LogP contribution in [0.15, 0.2) is 46.6 Å². The predicted molar refractivity (Wildman–Crippen MR) is 102 cm³/mol. The number of benzene rings is 1. The zero-order valence-electron chi connectivity index (χ0n) is 16.0. The van der Waals surface area contributed by atoms with Crippen molar-refractivity contribution in [3.8, 4) is 0 Å². The van der Waals surface area contributed by atoms with Crippen LogP contribution in [-0.2, 0) is 14.3 Å². The van der Waals surface area contributed by atoms with Crippen molar-refractivity contribution < 1.29 is 14.3 Å². The van der Waals surface area contributed by atoms with Gasteiger partial charge in [-0.3, -0.25) is 14.6 Å². The fraction of sp³-hybridized carbons (Fsp3) is 0.500. The predicted octanol–water partition coefficient (Wildman–Crippen LogP) is 4.46. The van der Waals surface area contributed by atoms with Crippen molar-refractivity contribution in [1.29, 1.82) is 0 Å². The Balaban J connectivity index is 2.18. The second-order valence-electron chi connectivity index (χ2n) is 7.88. The SMILES string of the molecule is CCOC(=O)C1C(CC)=NC2=C(C(=O)CC(C)(C)C2)[C@@H]1c1ccccc1. The van der Waals surface area contributed by atoms with Gasteiger partial charge in [-0.15, -0.1) is 0 Å². The number of ketones is 1. The Morgan fingerprint density at radius 1 is 1.19 bits per heavy atom. The normalized spacial score (nSPS) is 24.8. The third-order valence-corrected chi connectivity index (χ3v) is 5.24. The molecule has 0 saturated heterocycles. The summed E-state index contributed by atoms with van der Waals surface area (Å²) in [7, 11) is 0. The van der Waals surface area contributed by atoms with E-state index in [0.29, 0.717) is 25.0 Å². The van der Waals surface area contributed by atoms with Crippen LogP contribution in [0.25, 0.3) is 0 Å². The topological polar surface area (TPSA) is 55.7 Å². The van der Waals surface area contributed by atoms with Crippen LogP contribution in [-0.4, -0.2) is 24.1 Å². The summed E-state index contributed by atoms with van der Waals surface area (Å²) in [6.45, 7) is 8.34. The second-order valence-corrected chi connectivity index (χ2v) is 7.88. The Bertz CT molecular complexity index is 774. The third-order valence-electron chi connectivity index (χ3n) is 5.24. The number of esters is 1. The number of hydrogen-bond acceptors (Lipinski definition) is 4. The second kappa shape index (κ2) is 7.18. The molecule has 2 aliphatic rings. The summed E-state index contributed by atoms with van der Waals surface area (Å²) in [5.41, 5.74) is 3.27. The largest absolute Gasteiger partial charge is 0.465 e. The molecule has 3 rings (SSSR count). The van der Waals surface area contributed by atoms with Gasteiger partial charge in [-0.25, -0.2) is 0 Å². The van der Waals surface area contributed by atoms with E-state index in [1.807, 2.05) is 37.3 Å². The van der Waals surface area contributed by atoms with E-state index in [2.05, 4.69) is 13.8 Å². The Hall–Kier alpha value is -2.23. The molecule has 4 nitrogen and oxygen atoms in total. The minimum Gasteiger partial charge on any atom is -0.465 e. The third kappa shape index (κ3) is 3.37. The highest BCUT2D eigenvalue weighted by Gasteiger charge is 2.46. The van der Waals surface area contributed by atoms with E-state index in [9.17, 15) is 9.59 Å². The van der Waals surface area contributed by atoms with E-state index in [-0.39, 0.29) is 23.1 Å². The molecule has 1 aromatic rings. The van der Waals surface area contributed by atoms with Crippen molar-refractivity contribution >= 4 is 17.5 Å². The van der Waals surface area contributed by atoms with Crippen molar-refractivity contribution in [2.75, 3.05) is 6.61 Å². The quantitative estimate of drug-likeness (QED) is 0.751. The molecule has 4 heteroatoms. The van der Waals surface area contributed by atoms with Crippen LogP contribution in [0.2, 0.25) is 0 Å². The Morgan fingerprint density at radius 2 is 1.88 bits per heavy atom. The van der Waals surface area contributed by atoms with E-state index < -0.39 is 5.92 Å².